The molecule has 0 radical (unpaired) electrons. The molecular weight excluding hydrogens is 304 g/mol. The van der Waals surface area contributed by atoms with E-state index in [1.54, 1.807) is 6.20 Å². The first-order valence-electron chi connectivity index (χ1n) is 6.25. The highest BCUT2D eigenvalue weighted by molar-refractivity contribution is 9.10. The van der Waals surface area contributed by atoms with E-state index >= 15 is 0 Å². The molecule has 0 aliphatic carbocycles. The minimum Gasteiger partial charge on any atom is -0.492 e. The van der Waals surface area contributed by atoms with E-state index < -0.39 is 0 Å². The van der Waals surface area contributed by atoms with E-state index in [4.69, 9.17) is 4.74 Å². The number of nitrogens with zero attached hydrogens (tertiary/aromatic N) is 1. The number of halogens is 1. The Kier molecular flexibility index (Phi) is 5.36. The predicted molar refractivity (Wildman–Crippen MR) is 80.3 cm³/mol. The minimum atomic E-state index is 0.648. The zero-order chi connectivity index (χ0) is 13.5. The van der Waals surface area contributed by atoms with Crippen LogP contribution in [0.3, 0.4) is 0 Å². The van der Waals surface area contributed by atoms with E-state index in [-0.39, 0.29) is 0 Å². The van der Waals surface area contributed by atoms with Crippen LogP contribution in [0.25, 0.3) is 0 Å². The van der Waals surface area contributed by atoms with Gasteiger partial charge in [-0.25, -0.2) is 0 Å². The summed E-state index contributed by atoms with van der Waals surface area (Å²) in [6, 6.07) is 11.9. The van der Waals surface area contributed by atoms with Gasteiger partial charge in [0.25, 0.3) is 0 Å². The highest BCUT2D eigenvalue weighted by Gasteiger charge is 1.99. The summed E-state index contributed by atoms with van der Waals surface area (Å²) in [5.41, 5.74) is 2.18. The van der Waals surface area contributed by atoms with Crippen LogP contribution in [-0.4, -0.2) is 18.1 Å². The molecule has 1 aromatic heterocycles. The number of aryl methyl sites for hydroxylation is 1. The fourth-order valence-corrected chi connectivity index (χ4v) is 2.20. The SMILES string of the molecule is Cc1cc(Br)ccc1OCCNCc1ccccn1. The normalized spacial score (nSPS) is 10.4. The maximum absolute atomic E-state index is 5.73. The molecule has 0 fully saturated rings. The Morgan fingerprint density at radius 2 is 2.16 bits per heavy atom. The highest BCUT2D eigenvalue weighted by Crippen LogP contribution is 2.21. The zero-order valence-corrected chi connectivity index (χ0v) is 12.5. The van der Waals surface area contributed by atoms with Crippen molar-refractivity contribution in [1.82, 2.24) is 10.3 Å². The molecule has 0 aliphatic heterocycles. The molecule has 0 spiro atoms. The van der Waals surface area contributed by atoms with Gasteiger partial charge in [-0.2, -0.15) is 0 Å². The van der Waals surface area contributed by atoms with Crippen molar-refractivity contribution in [3.8, 4) is 5.75 Å². The number of pyridine rings is 1. The van der Waals surface area contributed by atoms with Crippen molar-refractivity contribution in [3.05, 3.63) is 58.3 Å². The molecule has 0 atom stereocenters. The van der Waals surface area contributed by atoms with Crippen molar-refractivity contribution >= 4 is 15.9 Å². The van der Waals surface area contributed by atoms with Crippen molar-refractivity contribution in [3.63, 3.8) is 0 Å². The largest absolute Gasteiger partial charge is 0.492 e. The second-order valence-corrected chi connectivity index (χ2v) is 5.17. The van der Waals surface area contributed by atoms with Crippen LogP contribution in [0.1, 0.15) is 11.3 Å². The van der Waals surface area contributed by atoms with Crippen molar-refractivity contribution < 1.29 is 4.74 Å². The molecule has 0 unspecified atom stereocenters. The van der Waals surface area contributed by atoms with Gasteiger partial charge in [0.15, 0.2) is 0 Å². The standard InChI is InChI=1S/C15H17BrN2O/c1-12-10-13(16)5-6-15(12)19-9-8-17-11-14-4-2-3-7-18-14/h2-7,10,17H,8-9,11H2,1H3. The van der Waals surface area contributed by atoms with Crippen LogP contribution >= 0.6 is 15.9 Å². The van der Waals surface area contributed by atoms with Crippen LogP contribution in [-0.2, 0) is 6.54 Å². The summed E-state index contributed by atoms with van der Waals surface area (Å²) in [5, 5.41) is 3.31. The molecule has 19 heavy (non-hydrogen) atoms. The zero-order valence-electron chi connectivity index (χ0n) is 10.9. The summed E-state index contributed by atoms with van der Waals surface area (Å²) in [6.45, 7) is 4.26. The Hall–Kier alpha value is -1.39. The molecule has 1 aromatic carbocycles. The third-order valence-electron chi connectivity index (χ3n) is 2.71. The molecule has 2 rings (SSSR count). The Labute approximate surface area is 122 Å². The van der Waals surface area contributed by atoms with E-state index in [2.05, 4.69) is 32.3 Å². The maximum Gasteiger partial charge on any atom is 0.122 e. The van der Waals surface area contributed by atoms with Crippen molar-refractivity contribution in [1.29, 1.82) is 0 Å². The maximum atomic E-state index is 5.73. The number of benzene rings is 1. The third-order valence-corrected chi connectivity index (χ3v) is 3.20. The summed E-state index contributed by atoms with van der Waals surface area (Å²) >= 11 is 3.44. The van der Waals surface area contributed by atoms with Crippen LogP contribution in [0.15, 0.2) is 47.1 Å². The van der Waals surface area contributed by atoms with Gasteiger partial charge in [-0.1, -0.05) is 22.0 Å². The predicted octanol–water partition coefficient (Wildman–Crippen LogP) is 3.32. The van der Waals surface area contributed by atoms with Crippen LogP contribution in [0.4, 0.5) is 0 Å². The van der Waals surface area contributed by atoms with Gasteiger partial charge in [-0.3, -0.25) is 4.98 Å². The van der Waals surface area contributed by atoms with E-state index in [1.165, 1.54) is 0 Å². The summed E-state index contributed by atoms with van der Waals surface area (Å²) < 4.78 is 6.80. The molecular formula is C15H17BrN2O. The van der Waals surface area contributed by atoms with Crippen LogP contribution in [0.2, 0.25) is 0 Å². The van der Waals surface area contributed by atoms with Crippen LogP contribution in [0, 0.1) is 6.92 Å². The lowest BCUT2D eigenvalue weighted by molar-refractivity contribution is 0.311. The molecule has 0 aliphatic rings. The molecule has 4 heteroatoms. The van der Waals surface area contributed by atoms with Crippen molar-refractivity contribution in [2.45, 2.75) is 13.5 Å². The van der Waals surface area contributed by atoms with Gasteiger partial charge >= 0.3 is 0 Å². The number of hydrogen-bond donors (Lipinski definition) is 1. The molecule has 0 saturated heterocycles. The second-order valence-electron chi connectivity index (χ2n) is 4.26. The van der Waals surface area contributed by atoms with Gasteiger partial charge in [0.1, 0.15) is 12.4 Å². The van der Waals surface area contributed by atoms with Crippen LogP contribution in [0.5, 0.6) is 5.75 Å². The molecule has 2 aromatic rings. The van der Waals surface area contributed by atoms with Crippen molar-refractivity contribution in [2.75, 3.05) is 13.2 Å². The van der Waals surface area contributed by atoms with E-state index in [1.807, 2.05) is 37.3 Å². The topological polar surface area (TPSA) is 34.1 Å². The Morgan fingerprint density at radius 3 is 2.89 bits per heavy atom. The van der Waals surface area contributed by atoms with Gasteiger partial charge in [0, 0.05) is 23.8 Å². The van der Waals surface area contributed by atoms with E-state index in [0.717, 1.165) is 34.6 Å². The second kappa shape index (κ2) is 7.26. The van der Waals surface area contributed by atoms with Gasteiger partial charge in [0.2, 0.25) is 0 Å². The van der Waals surface area contributed by atoms with Gasteiger partial charge in [0.05, 0.1) is 5.69 Å². The fraction of sp³-hybridized carbons (Fsp3) is 0.267. The molecule has 1 N–H and O–H groups in total. The monoisotopic (exact) mass is 320 g/mol. The smallest absolute Gasteiger partial charge is 0.122 e. The summed E-state index contributed by atoms with van der Waals surface area (Å²) in [5.74, 6) is 0.933. The van der Waals surface area contributed by atoms with E-state index in [0.29, 0.717) is 6.61 Å². The average molecular weight is 321 g/mol. The average Bonchev–Trinajstić information content (AvgIpc) is 2.42. The fourth-order valence-electron chi connectivity index (χ4n) is 1.73. The number of ether oxygens (including phenoxy) is 1. The number of nitrogens with one attached hydrogen (secondary N) is 1. The number of hydrogen-bond acceptors (Lipinski definition) is 3. The Bertz CT molecular complexity index is 517. The lowest BCUT2D eigenvalue weighted by Crippen LogP contribution is -2.21. The van der Waals surface area contributed by atoms with E-state index in [9.17, 15) is 0 Å². The van der Waals surface area contributed by atoms with Gasteiger partial charge < -0.3 is 10.1 Å². The van der Waals surface area contributed by atoms with Gasteiger partial charge in [-0.15, -0.1) is 0 Å². The molecule has 1 heterocycles. The lowest BCUT2D eigenvalue weighted by atomic mass is 10.2. The molecule has 0 saturated carbocycles. The minimum absolute atomic E-state index is 0.648. The van der Waals surface area contributed by atoms with Gasteiger partial charge in [-0.05, 0) is 42.8 Å². The first-order valence-corrected chi connectivity index (χ1v) is 7.04. The molecule has 0 bridgehead atoms. The Balaban J connectivity index is 1.69. The molecule has 100 valence electrons. The first-order chi connectivity index (χ1) is 9.25. The number of rotatable bonds is 6. The molecule has 3 nitrogen and oxygen atoms in total. The summed E-state index contributed by atoms with van der Waals surface area (Å²) in [4.78, 5) is 4.25. The summed E-state index contributed by atoms with van der Waals surface area (Å²) in [6.07, 6.45) is 1.80. The highest BCUT2D eigenvalue weighted by atomic mass is 79.9. The summed E-state index contributed by atoms with van der Waals surface area (Å²) in [7, 11) is 0. The molecule has 0 amide bonds. The Morgan fingerprint density at radius 1 is 1.26 bits per heavy atom. The van der Waals surface area contributed by atoms with Crippen LogP contribution < -0.4 is 10.1 Å². The lowest BCUT2D eigenvalue weighted by Gasteiger charge is -2.10. The number of aromatic nitrogens is 1. The third kappa shape index (κ3) is 4.65. The first kappa shape index (κ1) is 14.0. The van der Waals surface area contributed by atoms with Crippen molar-refractivity contribution in [2.24, 2.45) is 0 Å². The quantitative estimate of drug-likeness (QED) is 0.829.